The Balaban J connectivity index is 2.03. The Hall–Kier alpha value is -1.16. The van der Waals surface area contributed by atoms with Gasteiger partial charge in [-0.3, -0.25) is 0 Å². The van der Waals surface area contributed by atoms with Crippen molar-refractivity contribution in [2.75, 3.05) is 26.0 Å². The third-order valence-electron chi connectivity index (χ3n) is 4.34. The van der Waals surface area contributed by atoms with Crippen LogP contribution < -0.4 is 5.32 Å². The summed E-state index contributed by atoms with van der Waals surface area (Å²) in [5.41, 5.74) is 0.188. The highest BCUT2D eigenvalue weighted by atomic mass is 19.1. The first-order chi connectivity index (χ1) is 9.02. The first-order valence-electron chi connectivity index (χ1n) is 7.05. The maximum atomic E-state index is 12.8. The van der Waals surface area contributed by atoms with Crippen LogP contribution in [-0.4, -0.2) is 36.1 Å². The lowest BCUT2D eigenvalue weighted by Gasteiger charge is -2.45. The molecule has 1 fully saturated rings. The fourth-order valence-corrected chi connectivity index (χ4v) is 3.09. The SMILES string of the molecule is CC1CCCC(CNc2ccc(F)cn2)(N(C)C)C1. The first-order valence-corrected chi connectivity index (χ1v) is 7.05. The fourth-order valence-electron chi connectivity index (χ4n) is 3.09. The second-order valence-corrected chi connectivity index (χ2v) is 6.04. The highest BCUT2D eigenvalue weighted by Gasteiger charge is 2.36. The minimum atomic E-state index is -0.292. The number of anilines is 1. The number of nitrogens with zero attached hydrogens (tertiary/aromatic N) is 2. The van der Waals surface area contributed by atoms with E-state index in [0.29, 0.717) is 0 Å². The second kappa shape index (κ2) is 5.87. The zero-order chi connectivity index (χ0) is 13.9. The van der Waals surface area contributed by atoms with E-state index in [1.165, 1.54) is 37.9 Å². The van der Waals surface area contributed by atoms with E-state index in [9.17, 15) is 4.39 Å². The molecule has 2 unspecified atom stereocenters. The van der Waals surface area contributed by atoms with Crippen molar-refractivity contribution in [3.8, 4) is 0 Å². The van der Waals surface area contributed by atoms with Gasteiger partial charge in [0.05, 0.1) is 6.20 Å². The van der Waals surface area contributed by atoms with E-state index < -0.39 is 0 Å². The lowest BCUT2D eigenvalue weighted by atomic mass is 9.75. The van der Waals surface area contributed by atoms with Crippen molar-refractivity contribution in [2.24, 2.45) is 5.92 Å². The van der Waals surface area contributed by atoms with E-state index in [2.05, 4.69) is 36.2 Å². The summed E-state index contributed by atoms with van der Waals surface area (Å²) in [6, 6.07) is 3.14. The molecule has 1 aromatic rings. The standard InChI is InChI=1S/C15H24FN3/c1-12-5-4-8-15(9-12,19(2)3)11-18-14-7-6-13(16)10-17-14/h6-7,10,12H,4-5,8-9,11H2,1-3H3,(H,17,18). The van der Waals surface area contributed by atoms with E-state index in [0.717, 1.165) is 18.3 Å². The van der Waals surface area contributed by atoms with Crippen LogP contribution in [-0.2, 0) is 0 Å². The Morgan fingerprint density at radius 3 is 2.84 bits per heavy atom. The number of nitrogens with one attached hydrogen (secondary N) is 1. The van der Waals surface area contributed by atoms with Crippen LogP contribution in [0.5, 0.6) is 0 Å². The molecule has 1 N–H and O–H groups in total. The van der Waals surface area contributed by atoms with Crippen LogP contribution >= 0.6 is 0 Å². The molecule has 4 heteroatoms. The van der Waals surface area contributed by atoms with Gasteiger partial charge in [-0.2, -0.15) is 0 Å². The molecule has 0 radical (unpaired) electrons. The number of likely N-dealkylation sites (N-methyl/N-ethyl adjacent to an activating group) is 1. The van der Waals surface area contributed by atoms with Crippen LogP contribution in [0.3, 0.4) is 0 Å². The quantitative estimate of drug-likeness (QED) is 0.906. The summed E-state index contributed by atoms with van der Waals surface area (Å²) in [4.78, 5) is 6.40. The molecule has 0 amide bonds. The normalized spacial score (nSPS) is 27.5. The molecule has 1 aliphatic rings. The Morgan fingerprint density at radius 1 is 1.47 bits per heavy atom. The average Bonchev–Trinajstić information content (AvgIpc) is 2.38. The van der Waals surface area contributed by atoms with Crippen LogP contribution in [0.4, 0.5) is 10.2 Å². The average molecular weight is 265 g/mol. The molecule has 2 rings (SSSR count). The van der Waals surface area contributed by atoms with Gasteiger partial charge >= 0.3 is 0 Å². The van der Waals surface area contributed by atoms with Crippen LogP contribution in [0.2, 0.25) is 0 Å². The van der Waals surface area contributed by atoms with Gasteiger partial charge in [0.1, 0.15) is 11.6 Å². The first kappa shape index (κ1) is 14.3. The Bertz CT molecular complexity index is 404. The summed E-state index contributed by atoms with van der Waals surface area (Å²) in [7, 11) is 4.30. The van der Waals surface area contributed by atoms with Crippen molar-refractivity contribution in [3.63, 3.8) is 0 Å². The fraction of sp³-hybridized carbons (Fsp3) is 0.667. The van der Waals surface area contributed by atoms with Crippen molar-refractivity contribution in [1.29, 1.82) is 0 Å². The monoisotopic (exact) mass is 265 g/mol. The topological polar surface area (TPSA) is 28.2 Å². The van der Waals surface area contributed by atoms with Gasteiger partial charge in [0.25, 0.3) is 0 Å². The van der Waals surface area contributed by atoms with Gasteiger partial charge in [0, 0.05) is 12.1 Å². The molecule has 1 aliphatic carbocycles. The largest absolute Gasteiger partial charge is 0.368 e. The van der Waals surface area contributed by atoms with Crippen molar-refractivity contribution in [2.45, 2.75) is 38.1 Å². The maximum absolute atomic E-state index is 12.8. The van der Waals surface area contributed by atoms with Gasteiger partial charge in [-0.15, -0.1) is 0 Å². The van der Waals surface area contributed by atoms with Crippen molar-refractivity contribution < 1.29 is 4.39 Å². The molecular formula is C15H24FN3. The number of halogens is 1. The molecule has 0 bridgehead atoms. The minimum absolute atomic E-state index is 0.188. The zero-order valence-electron chi connectivity index (χ0n) is 12.1. The highest BCUT2D eigenvalue weighted by molar-refractivity contribution is 5.34. The van der Waals surface area contributed by atoms with Gasteiger partial charge < -0.3 is 10.2 Å². The predicted octanol–water partition coefficient (Wildman–Crippen LogP) is 3.14. The van der Waals surface area contributed by atoms with Crippen molar-refractivity contribution in [3.05, 3.63) is 24.1 Å². The van der Waals surface area contributed by atoms with Gasteiger partial charge in [0.15, 0.2) is 0 Å². The number of pyridine rings is 1. The molecule has 106 valence electrons. The van der Waals surface area contributed by atoms with Crippen molar-refractivity contribution >= 4 is 5.82 Å². The summed E-state index contributed by atoms with van der Waals surface area (Å²) in [6.45, 7) is 3.19. The van der Waals surface area contributed by atoms with Gasteiger partial charge in [0.2, 0.25) is 0 Å². The van der Waals surface area contributed by atoms with Crippen LogP contribution in [0, 0.1) is 11.7 Å². The third-order valence-corrected chi connectivity index (χ3v) is 4.34. The Kier molecular flexibility index (Phi) is 4.40. The van der Waals surface area contributed by atoms with E-state index >= 15 is 0 Å². The molecular weight excluding hydrogens is 241 g/mol. The van der Waals surface area contributed by atoms with E-state index in [1.807, 2.05) is 0 Å². The minimum Gasteiger partial charge on any atom is -0.368 e. The number of rotatable bonds is 4. The second-order valence-electron chi connectivity index (χ2n) is 6.04. The molecule has 1 heterocycles. The molecule has 0 aliphatic heterocycles. The smallest absolute Gasteiger partial charge is 0.141 e. The van der Waals surface area contributed by atoms with Gasteiger partial charge in [-0.05, 0) is 45.0 Å². The van der Waals surface area contributed by atoms with E-state index in [-0.39, 0.29) is 11.4 Å². The molecule has 1 aromatic heterocycles. The third kappa shape index (κ3) is 3.44. The van der Waals surface area contributed by atoms with Crippen LogP contribution in [0.25, 0.3) is 0 Å². The van der Waals surface area contributed by atoms with Crippen molar-refractivity contribution in [1.82, 2.24) is 9.88 Å². The molecule has 0 saturated heterocycles. The molecule has 1 saturated carbocycles. The highest BCUT2D eigenvalue weighted by Crippen LogP contribution is 2.35. The summed E-state index contributed by atoms with van der Waals surface area (Å²) in [6.07, 6.45) is 6.27. The molecule has 2 atom stereocenters. The number of hydrogen-bond acceptors (Lipinski definition) is 3. The van der Waals surface area contributed by atoms with Gasteiger partial charge in [-0.25, -0.2) is 9.37 Å². The lowest BCUT2D eigenvalue weighted by Crippen LogP contribution is -2.52. The van der Waals surface area contributed by atoms with Crippen LogP contribution in [0.15, 0.2) is 18.3 Å². The Labute approximate surface area is 115 Å². The predicted molar refractivity (Wildman–Crippen MR) is 76.7 cm³/mol. The molecule has 19 heavy (non-hydrogen) atoms. The maximum Gasteiger partial charge on any atom is 0.141 e. The number of hydrogen-bond donors (Lipinski definition) is 1. The summed E-state index contributed by atoms with van der Waals surface area (Å²) >= 11 is 0. The molecule has 0 spiro atoms. The van der Waals surface area contributed by atoms with E-state index in [1.54, 1.807) is 6.07 Å². The van der Waals surface area contributed by atoms with E-state index in [4.69, 9.17) is 0 Å². The molecule has 0 aromatic carbocycles. The van der Waals surface area contributed by atoms with Crippen LogP contribution in [0.1, 0.15) is 32.6 Å². The lowest BCUT2D eigenvalue weighted by molar-refractivity contribution is 0.0881. The summed E-state index contributed by atoms with van der Waals surface area (Å²) in [5, 5.41) is 3.36. The Morgan fingerprint density at radius 2 is 2.26 bits per heavy atom. The zero-order valence-corrected chi connectivity index (χ0v) is 12.1. The van der Waals surface area contributed by atoms with Gasteiger partial charge in [-0.1, -0.05) is 19.8 Å². The summed E-state index contributed by atoms with van der Waals surface area (Å²) in [5.74, 6) is 1.22. The summed E-state index contributed by atoms with van der Waals surface area (Å²) < 4.78 is 12.8. The number of aromatic nitrogens is 1. The molecule has 3 nitrogen and oxygen atoms in total.